The predicted octanol–water partition coefficient (Wildman–Crippen LogP) is 1.73. The van der Waals surface area contributed by atoms with Crippen molar-refractivity contribution in [3.63, 3.8) is 0 Å². The highest BCUT2D eigenvalue weighted by Gasteiger charge is 2.73. The van der Waals surface area contributed by atoms with Gasteiger partial charge in [0.2, 0.25) is 18.0 Å². The number of H-pyrrole nitrogens is 1. The van der Waals surface area contributed by atoms with Crippen LogP contribution in [0.3, 0.4) is 0 Å². The summed E-state index contributed by atoms with van der Waals surface area (Å²) < 4.78 is 47.9. The largest absolute Gasteiger partial charge is 0.487 e. The fourth-order valence-corrected chi connectivity index (χ4v) is 14.7. The van der Waals surface area contributed by atoms with E-state index >= 15 is 0 Å². The minimum Gasteiger partial charge on any atom is -0.487 e. The summed E-state index contributed by atoms with van der Waals surface area (Å²) in [5, 5.41) is 82.7. The van der Waals surface area contributed by atoms with Crippen LogP contribution in [0.1, 0.15) is 83.6 Å². The molecule has 9 aliphatic rings. The summed E-state index contributed by atoms with van der Waals surface area (Å²) in [5.41, 5.74) is 11.8. The Hall–Kier alpha value is -7.15. The van der Waals surface area contributed by atoms with Crippen LogP contribution in [-0.2, 0) is 43.4 Å². The molecule has 1 saturated heterocycles. The lowest BCUT2D eigenvalue weighted by Crippen LogP contribution is -2.75. The van der Waals surface area contributed by atoms with E-state index in [-0.39, 0.29) is 67.8 Å². The predicted molar refractivity (Wildman–Crippen MR) is 273 cm³/mol. The Bertz CT molecular complexity index is 3430. The highest BCUT2D eigenvalue weighted by atomic mass is 16.7. The molecule has 2 saturated carbocycles. The molecule has 2 aliphatic carbocycles. The molecule has 9 bridgehead atoms. The number of aromatic amines is 1. The van der Waals surface area contributed by atoms with Crippen LogP contribution in [0, 0.1) is 52.3 Å². The molecule has 2 aromatic heterocycles. The van der Waals surface area contributed by atoms with Crippen LogP contribution in [0.5, 0.6) is 28.7 Å². The van der Waals surface area contributed by atoms with E-state index in [0.29, 0.717) is 52.7 Å². The van der Waals surface area contributed by atoms with Gasteiger partial charge in [0.15, 0.2) is 30.0 Å². The lowest BCUT2D eigenvalue weighted by molar-refractivity contribution is -0.357. The number of fused-ring (bicyclic) bond motifs is 9. The lowest BCUT2D eigenvalue weighted by Gasteiger charge is -2.56. The van der Waals surface area contributed by atoms with Gasteiger partial charge in [-0.3, -0.25) is 9.59 Å². The SMILES string of the molecule is NC(N)[C@H]1OC(=O)[C@H](C(=O)O)C#C[C@H]2[C@H](C=O)CC[C@]23CC[C@@]2(Cc4c(cc5c(c4Cn4cc6cc[nH]c6c4CO)[C@@H]4Oc6c7ccc(OCO)c6OC[C@@H](O)C#C[C@H](c6ccccc6)[C@H](O5)[C@@H]74)O[C@@H]4O[C@H]1[C@@H](O)[C@H](O)[C@@]42O)C3. The number of nitrogens with two attached hydrogens (primary N) is 2. The number of hydrogen-bond donors (Lipinski definition) is 10. The second kappa shape index (κ2) is 19.0. The number of rotatable bonds is 9. The molecule has 0 unspecified atom stereocenters. The van der Waals surface area contributed by atoms with E-state index in [9.17, 15) is 50.1 Å². The third kappa shape index (κ3) is 7.70. The first-order valence-corrected chi connectivity index (χ1v) is 26.5. The van der Waals surface area contributed by atoms with E-state index in [4.69, 9.17) is 44.6 Å². The first kappa shape index (κ1) is 51.3. The van der Waals surface area contributed by atoms with Gasteiger partial charge in [-0.2, -0.15) is 0 Å². The van der Waals surface area contributed by atoms with Crippen molar-refractivity contribution in [2.45, 2.75) is 124 Å². The molecule has 14 rings (SSSR count). The number of nitrogens with zero attached hydrogens (tertiary/aromatic N) is 1. The Morgan fingerprint density at radius 2 is 1.77 bits per heavy atom. The Kier molecular flexibility index (Phi) is 12.3. The van der Waals surface area contributed by atoms with Gasteiger partial charge in [-0.05, 0) is 67.2 Å². The van der Waals surface area contributed by atoms with Gasteiger partial charge in [0.1, 0.15) is 61.0 Å². The van der Waals surface area contributed by atoms with Crippen molar-refractivity contribution in [2.75, 3.05) is 13.4 Å². The van der Waals surface area contributed by atoms with Gasteiger partial charge in [-0.15, -0.1) is 0 Å². The van der Waals surface area contributed by atoms with Gasteiger partial charge < -0.3 is 94.7 Å². The maximum atomic E-state index is 13.9. The minimum absolute atomic E-state index is 0.0253. The topological polar surface area (TPSA) is 330 Å². The van der Waals surface area contributed by atoms with Crippen molar-refractivity contribution >= 4 is 29.1 Å². The second-order valence-electron chi connectivity index (χ2n) is 22.3. The minimum atomic E-state index is -2.51. The van der Waals surface area contributed by atoms with Gasteiger partial charge in [0.25, 0.3) is 0 Å². The van der Waals surface area contributed by atoms with Crippen LogP contribution >= 0.6 is 0 Å². The number of ether oxygens (including phenoxy) is 7. The number of carboxylic acids is 1. The maximum Gasteiger partial charge on any atom is 0.333 e. The summed E-state index contributed by atoms with van der Waals surface area (Å²) in [6.07, 6.45) is -8.89. The quantitative estimate of drug-likeness (QED) is 0.0330. The average Bonchev–Trinajstić information content (AvgIpc) is 3.19. The van der Waals surface area contributed by atoms with Crippen LogP contribution in [0.4, 0.5) is 0 Å². The number of aliphatic carboxylic acids is 1. The standard InChI is InChI=1S/C58H58N4O17/c59-52(60)50-49-44(67)51(68)58(72)55(79-49)76-39-18-40-41(48-42-32-9-11-38(74-26-65)47(46(32)77-48)73-24-30(66)6-7-31(45(42)75-40)27-4-2-1-3-5-27)35(21-62-20-28-13-17-61-43(28)37(62)23-64)34(39)19-57(58)16-15-56(25-57)14-12-29(22-63)36(56)10-8-33(53(69)70)54(71)78-50/h1-5,9,11,13,17-18,20,22,29-31,33,36,42,44-45,48-52,55,61,64-68,72H,12,14-16,19,21,23-26,59-60H2,(H,69,70)/t29-,30-,31+,33-,36-,42+,44+,45-,48-,49-,50-,51-,55+,56+,57+,58+/m0/s1. The number of benzene rings is 3. The Morgan fingerprint density at radius 1 is 0.949 bits per heavy atom. The Labute approximate surface area is 451 Å². The molecule has 9 heterocycles. The fourth-order valence-electron chi connectivity index (χ4n) is 14.7. The molecule has 12 N–H and O–H groups in total. The number of hydrogen-bond acceptors (Lipinski definition) is 18. The zero-order valence-electron chi connectivity index (χ0n) is 42.4. The van der Waals surface area contributed by atoms with Crippen LogP contribution < -0.4 is 35.2 Å². The number of nitrogens with one attached hydrogen (secondary N) is 1. The summed E-state index contributed by atoms with van der Waals surface area (Å²) in [6.45, 7) is -1.34. The molecule has 3 aromatic carbocycles. The number of aliphatic hydroxyl groups excluding tert-OH is 5. The Morgan fingerprint density at radius 3 is 2.53 bits per heavy atom. The van der Waals surface area contributed by atoms with E-state index < -0.39 is 120 Å². The summed E-state index contributed by atoms with van der Waals surface area (Å²) in [5.74, 6) is 4.81. The van der Waals surface area contributed by atoms with Crippen molar-refractivity contribution in [3.8, 4) is 52.4 Å². The molecule has 3 fully saturated rings. The van der Waals surface area contributed by atoms with Crippen molar-refractivity contribution < 1.29 is 83.3 Å². The molecule has 5 aromatic rings. The third-order valence-electron chi connectivity index (χ3n) is 18.3. The van der Waals surface area contributed by atoms with Gasteiger partial charge >= 0.3 is 11.9 Å². The van der Waals surface area contributed by atoms with Crippen molar-refractivity contribution in [1.82, 2.24) is 9.55 Å². The highest BCUT2D eigenvalue weighted by Crippen LogP contribution is 2.69. The normalized spacial score (nSPS) is 35.4. The molecule has 412 valence electrons. The van der Waals surface area contributed by atoms with E-state index in [2.05, 4.69) is 28.7 Å². The van der Waals surface area contributed by atoms with Crippen LogP contribution in [-0.4, -0.2) is 132 Å². The van der Waals surface area contributed by atoms with Crippen LogP contribution in [0.2, 0.25) is 0 Å². The van der Waals surface area contributed by atoms with Gasteiger partial charge in [-0.25, -0.2) is 0 Å². The maximum absolute atomic E-state index is 13.9. The third-order valence-corrected chi connectivity index (χ3v) is 18.3. The van der Waals surface area contributed by atoms with Crippen LogP contribution in [0.25, 0.3) is 10.9 Å². The van der Waals surface area contributed by atoms with Gasteiger partial charge in [0.05, 0.1) is 35.8 Å². The number of carbonyl (C=O) groups is 3. The van der Waals surface area contributed by atoms with E-state index in [0.717, 1.165) is 17.2 Å². The number of carboxylic acid groups (broad SMARTS) is 1. The summed E-state index contributed by atoms with van der Waals surface area (Å²) >= 11 is 0. The van der Waals surface area contributed by atoms with Gasteiger partial charge in [-0.1, -0.05) is 60.1 Å². The number of carbonyl (C=O) groups excluding carboxylic acids is 2. The highest BCUT2D eigenvalue weighted by molar-refractivity contribution is 5.97. The van der Waals surface area contributed by atoms with Crippen LogP contribution in [0.15, 0.2) is 67.0 Å². The summed E-state index contributed by atoms with van der Waals surface area (Å²) in [6, 6.07) is 16.5. The molecule has 16 atom stereocenters. The number of aliphatic hydroxyl groups is 6. The number of esters is 1. The average molecular weight is 1080 g/mol. The molecule has 2 spiro atoms. The van der Waals surface area contributed by atoms with Crippen molar-refractivity contribution in [2.24, 2.45) is 40.1 Å². The molecule has 21 nitrogen and oxygen atoms in total. The van der Waals surface area contributed by atoms with E-state index in [1.807, 2.05) is 53.2 Å². The fraction of sp³-hybridized carbons (Fsp3) is 0.466. The number of aldehydes is 1. The smallest absolute Gasteiger partial charge is 0.333 e. The van der Waals surface area contributed by atoms with Crippen molar-refractivity contribution in [3.05, 3.63) is 101 Å². The Balaban J connectivity index is 1.07. The van der Waals surface area contributed by atoms with E-state index in [1.54, 1.807) is 18.3 Å². The van der Waals surface area contributed by atoms with E-state index in [1.165, 1.54) is 0 Å². The molecular formula is C58H58N4O17. The lowest BCUT2D eigenvalue weighted by atomic mass is 9.59. The van der Waals surface area contributed by atoms with Gasteiger partial charge in [0, 0.05) is 64.3 Å². The zero-order chi connectivity index (χ0) is 54.9. The molecule has 79 heavy (non-hydrogen) atoms. The molecule has 0 amide bonds. The molecule has 21 heteroatoms. The molecule has 0 radical (unpaired) electrons. The molecule has 7 aliphatic heterocycles. The summed E-state index contributed by atoms with van der Waals surface area (Å²) in [7, 11) is 0. The first-order chi connectivity index (χ1) is 38.1. The monoisotopic (exact) mass is 1080 g/mol. The molecular weight excluding hydrogens is 1020 g/mol. The zero-order valence-corrected chi connectivity index (χ0v) is 42.4. The summed E-state index contributed by atoms with van der Waals surface area (Å²) in [4.78, 5) is 42.9. The number of aromatic nitrogens is 2. The van der Waals surface area contributed by atoms with Crippen molar-refractivity contribution in [1.29, 1.82) is 0 Å². The first-order valence-electron chi connectivity index (χ1n) is 26.5. The second-order valence-corrected chi connectivity index (χ2v) is 22.3.